The van der Waals surface area contributed by atoms with Gasteiger partial charge in [0.05, 0.1) is 4.91 Å². The van der Waals surface area contributed by atoms with Crippen LogP contribution in [0, 0.1) is 5.82 Å². The molecule has 1 aliphatic rings. The van der Waals surface area contributed by atoms with Crippen LogP contribution in [-0.2, 0) is 4.79 Å². The molecule has 0 aromatic heterocycles. The van der Waals surface area contributed by atoms with Gasteiger partial charge in [-0.3, -0.25) is 9.69 Å². The van der Waals surface area contributed by atoms with Crippen molar-refractivity contribution in [2.24, 2.45) is 4.99 Å². The minimum absolute atomic E-state index is 0.101. The molecule has 0 spiro atoms. The summed E-state index contributed by atoms with van der Waals surface area (Å²) in [6, 6.07) is 14.5. The number of carbonyl (C=O) groups is 1. The van der Waals surface area contributed by atoms with E-state index in [9.17, 15) is 9.18 Å². The molecule has 1 aliphatic heterocycles. The number of aliphatic imine (C=N–C) groups is 1. The van der Waals surface area contributed by atoms with Gasteiger partial charge in [0.25, 0.3) is 5.91 Å². The maximum Gasteiger partial charge on any atom is 0.266 e. The first-order chi connectivity index (χ1) is 13.6. The third-order valence-corrected chi connectivity index (χ3v) is 5.60. The van der Waals surface area contributed by atoms with Crippen LogP contribution in [0.15, 0.2) is 58.4 Å². The van der Waals surface area contributed by atoms with E-state index >= 15 is 0 Å². The van der Waals surface area contributed by atoms with Crippen molar-refractivity contribution in [1.29, 1.82) is 0 Å². The van der Waals surface area contributed by atoms with E-state index in [2.05, 4.69) is 35.9 Å². The number of rotatable bonds is 6. The van der Waals surface area contributed by atoms with Gasteiger partial charge in [-0.2, -0.15) is 0 Å². The van der Waals surface area contributed by atoms with Crippen LogP contribution in [0.1, 0.15) is 26.3 Å². The number of carbonyl (C=O) groups excluding carboxylic acids is 1. The molecule has 1 saturated heterocycles. The first-order valence-corrected chi connectivity index (χ1v) is 10.3. The number of nitrogens with zero attached hydrogens (tertiary/aromatic N) is 3. The van der Waals surface area contributed by atoms with E-state index in [1.54, 1.807) is 23.1 Å². The highest BCUT2D eigenvalue weighted by Crippen LogP contribution is 2.34. The fourth-order valence-corrected chi connectivity index (χ4v) is 4.09. The number of halogens is 1. The van der Waals surface area contributed by atoms with E-state index in [4.69, 9.17) is 0 Å². The largest absolute Gasteiger partial charge is 0.372 e. The Bertz CT molecular complexity index is 904. The lowest BCUT2D eigenvalue weighted by molar-refractivity contribution is -0.122. The van der Waals surface area contributed by atoms with Crippen molar-refractivity contribution in [3.05, 3.63) is 64.8 Å². The lowest BCUT2D eigenvalue weighted by atomic mass is 10.1. The first-order valence-electron chi connectivity index (χ1n) is 9.47. The predicted octanol–water partition coefficient (Wildman–Crippen LogP) is 5.30. The fraction of sp³-hybridized carbons (Fsp3) is 0.273. The van der Waals surface area contributed by atoms with E-state index in [1.165, 1.54) is 17.8 Å². The van der Waals surface area contributed by atoms with Gasteiger partial charge in [-0.25, -0.2) is 9.38 Å². The van der Waals surface area contributed by atoms with Gasteiger partial charge in [-0.15, -0.1) is 0 Å². The van der Waals surface area contributed by atoms with Gasteiger partial charge < -0.3 is 4.90 Å². The molecule has 2 aromatic rings. The number of amidine groups is 1. The Morgan fingerprint density at radius 1 is 1.07 bits per heavy atom. The minimum Gasteiger partial charge on any atom is -0.372 e. The molecule has 0 saturated carbocycles. The van der Waals surface area contributed by atoms with E-state index in [-0.39, 0.29) is 11.6 Å². The van der Waals surface area contributed by atoms with Crippen molar-refractivity contribution in [1.82, 2.24) is 4.90 Å². The number of anilines is 1. The lowest BCUT2D eigenvalue weighted by Gasteiger charge is -2.20. The van der Waals surface area contributed by atoms with Crippen LogP contribution in [0.3, 0.4) is 0 Å². The number of likely N-dealkylation sites (N-methyl/N-ethyl adjacent to an activating group) is 1. The third kappa shape index (κ3) is 4.28. The number of thioether (sulfide) groups is 1. The topological polar surface area (TPSA) is 35.9 Å². The third-order valence-electron chi connectivity index (χ3n) is 4.59. The van der Waals surface area contributed by atoms with Crippen molar-refractivity contribution >= 4 is 40.3 Å². The van der Waals surface area contributed by atoms with Crippen molar-refractivity contribution in [2.75, 3.05) is 24.5 Å². The summed E-state index contributed by atoms with van der Waals surface area (Å²) in [5, 5.41) is 0.503. The summed E-state index contributed by atoms with van der Waals surface area (Å²) >= 11 is 1.28. The predicted molar refractivity (Wildman–Crippen MR) is 116 cm³/mol. The molecular weight excluding hydrogens is 373 g/mol. The summed E-state index contributed by atoms with van der Waals surface area (Å²) in [6.45, 7) is 8.53. The Labute approximate surface area is 169 Å². The highest BCUT2D eigenvalue weighted by Gasteiger charge is 2.32. The molecule has 0 N–H and O–H groups in total. The Morgan fingerprint density at radius 3 is 2.36 bits per heavy atom. The second-order valence-corrected chi connectivity index (χ2v) is 7.28. The van der Waals surface area contributed by atoms with Gasteiger partial charge in [0.15, 0.2) is 5.17 Å². The molecule has 6 heteroatoms. The van der Waals surface area contributed by atoms with Crippen LogP contribution in [0.4, 0.5) is 15.8 Å². The quantitative estimate of drug-likeness (QED) is 0.621. The van der Waals surface area contributed by atoms with E-state index in [0.29, 0.717) is 16.6 Å². The Morgan fingerprint density at radius 2 is 1.75 bits per heavy atom. The first kappa shape index (κ1) is 20.1. The molecular formula is C22H24FN3OS. The molecule has 28 heavy (non-hydrogen) atoms. The molecule has 1 fully saturated rings. The second kappa shape index (κ2) is 9.06. The molecule has 2 aromatic carbocycles. The summed E-state index contributed by atoms with van der Waals surface area (Å²) < 4.78 is 13.9. The highest BCUT2D eigenvalue weighted by atomic mass is 32.2. The molecule has 0 aliphatic carbocycles. The zero-order chi connectivity index (χ0) is 20.1. The number of amides is 1. The molecule has 0 bridgehead atoms. The molecule has 0 atom stereocenters. The highest BCUT2D eigenvalue weighted by molar-refractivity contribution is 8.18. The molecule has 3 rings (SSSR count). The van der Waals surface area contributed by atoms with Crippen LogP contribution in [0.2, 0.25) is 0 Å². The second-order valence-electron chi connectivity index (χ2n) is 6.27. The van der Waals surface area contributed by atoms with Gasteiger partial charge in [-0.1, -0.05) is 24.3 Å². The number of para-hydroxylation sites is 1. The zero-order valence-corrected chi connectivity index (χ0v) is 17.2. The standard InChI is InChI=1S/C22H24FN3OS/c1-4-25(5-2)17-13-11-16(12-14-17)15-20-21(27)26(6-3)22(28-20)24-19-10-8-7-9-18(19)23/h7-15H,4-6H2,1-3H3/b20-15+,24-22?. The van der Waals surface area contributed by atoms with Gasteiger partial charge in [-0.05, 0) is 68.4 Å². The van der Waals surface area contributed by atoms with Gasteiger partial charge in [0.2, 0.25) is 0 Å². The van der Waals surface area contributed by atoms with Crippen LogP contribution in [0.5, 0.6) is 0 Å². The van der Waals surface area contributed by atoms with Crippen molar-refractivity contribution in [3.8, 4) is 0 Å². The summed E-state index contributed by atoms with van der Waals surface area (Å²) in [7, 11) is 0. The lowest BCUT2D eigenvalue weighted by Crippen LogP contribution is -2.28. The van der Waals surface area contributed by atoms with Gasteiger partial charge in [0.1, 0.15) is 11.5 Å². The molecule has 146 valence electrons. The number of hydrogen-bond donors (Lipinski definition) is 0. The SMILES string of the molecule is CCN1C(=O)/C(=C\c2ccc(N(CC)CC)cc2)SC1=Nc1ccccc1F. The Balaban J connectivity index is 1.87. The monoisotopic (exact) mass is 397 g/mol. The van der Waals surface area contributed by atoms with Gasteiger partial charge >= 0.3 is 0 Å². The van der Waals surface area contributed by atoms with E-state index < -0.39 is 5.82 Å². The average molecular weight is 398 g/mol. The van der Waals surface area contributed by atoms with Crippen molar-refractivity contribution < 1.29 is 9.18 Å². The summed E-state index contributed by atoms with van der Waals surface area (Å²) in [6.07, 6.45) is 1.87. The van der Waals surface area contributed by atoms with E-state index in [1.807, 2.05) is 25.1 Å². The fourth-order valence-electron chi connectivity index (χ4n) is 3.04. The van der Waals surface area contributed by atoms with Crippen LogP contribution < -0.4 is 4.90 Å². The Kier molecular flexibility index (Phi) is 6.52. The smallest absolute Gasteiger partial charge is 0.266 e. The summed E-state index contributed by atoms with van der Waals surface area (Å²) in [4.78, 5) is 21.6. The summed E-state index contributed by atoms with van der Waals surface area (Å²) in [5.41, 5.74) is 2.35. The molecule has 4 nitrogen and oxygen atoms in total. The van der Waals surface area contributed by atoms with Crippen molar-refractivity contribution in [2.45, 2.75) is 20.8 Å². The Hall–Kier alpha value is -2.60. The average Bonchev–Trinajstić information content (AvgIpc) is 3.00. The van der Waals surface area contributed by atoms with Crippen LogP contribution in [-0.4, -0.2) is 35.6 Å². The van der Waals surface area contributed by atoms with Crippen molar-refractivity contribution in [3.63, 3.8) is 0 Å². The maximum absolute atomic E-state index is 13.9. The van der Waals surface area contributed by atoms with Gasteiger partial charge in [0, 0.05) is 25.3 Å². The number of benzene rings is 2. The minimum atomic E-state index is -0.400. The van der Waals surface area contributed by atoms with Crippen LogP contribution in [0.25, 0.3) is 6.08 Å². The number of hydrogen-bond acceptors (Lipinski definition) is 4. The molecule has 1 amide bonds. The molecule has 1 heterocycles. The summed E-state index contributed by atoms with van der Waals surface area (Å²) in [5.74, 6) is -0.501. The molecule has 0 radical (unpaired) electrons. The molecule has 0 unspecified atom stereocenters. The maximum atomic E-state index is 13.9. The van der Waals surface area contributed by atoms with Crippen LogP contribution >= 0.6 is 11.8 Å². The zero-order valence-electron chi connectivity index (χ0n) is 16.4. The van der Waals surface area contributed by atoms with E-state index in [0.717, 1.165) is 24.3 Å². The normalized spacial score (nSPS) is 17.0.